The van der Waals surface area contributed by atoms with Gasteiger partial charge >= 0.3 is 19.5 Å². The Kier molecular flexibility index (Phi) is 10.1. The summed E-state index contributed by atoms with van der Waals surface area (Å²) < 4.78 is 0. The first-order valence-corrected chi connectivity index (χ1v) is 16.3. The molecule has 0 spiro atoms. The molecule has 8 heterocycles. The Bertz CT molecular complexity index is 2240. The van der Waals surface area contributed by atoms with Gasteiger partial charge < -0.3 is 9.97 Å². The van der Waals surface area contributed by atoms with E-state index in [4.69, 9.17) is 4.98 Å². The standard InChI is InChI=1S/C21H15N5.2C10H8N2.Ru/c1-3-14-17(23-8-1)18-15(4-2-9-24-18)20-19(14)25-21(26-20)13-5-6-16-12(11-13)7-10-22-16;2*1-3-7-11-9(5-1)10-6-2-4-8-12-10;/h1-11,14,17,22H,(H,25,26);2*1-8H;/q;;;+3. The van der Waals surface area contributed by atoms with Crippen molar-refractivity contribution >= 4 is 17.1 Å². The number of hydrogen-bond donors (Lipinski definition) is 2. The SMILES string of the molecule is C1=CC2c3[nH]c(-c4ccc5[nH]ccc5c4)nc3-c3cccnc3C2N=C1.[Ru+3].c1ccc(-c2ccccn2)nc1.c1ccc(-c2ccccn2)nc1. The number of H-pyrrole nitrogens is 2. The average molecular weight is 751 g/mol. The molecule has 9 nitrogen and oxygen atoms in total. The summed E-state index contributed by atoms with van der Waals surface area (Å²) in [6.07, 6.45) is 16.9. The van der Waals surface area contributed by atoms with E-state index in [0.29, 0.717) is 0 Å². The number of nitrogens with one attached hydrogen (secondary N) is 2. The van der Waals surface area contributed by atoms with Crippen LogP contribution in [0.1, 0.15) is 23.3 Å². The number of nitrogens with zero attached hydrogens (tertiary/aromatic N) is 7. The molecule has 2 unspecified atom stereocenters. The van der Waals surface area contributed by atoms with Gasteiger partial charge in [0.15, 0.2) is 0 Å². The van der Waals surface area contributed by atoms with Crippen molar-refractivity contribution in [3.8, 4) is 45.4 Å². The molecule has 245 valence electrons. The Hall–Kier alpha value is -6.25. The van der Waals surface area contributed by atoms with E-state index in [1.54, 1.807) is 24.8 Å². The van der Waals surface area contributed by atoms with Gasteiger partial charge in [0.05, 0.1) is 39.9 Å². The topological polar surface area (TPSA) is 121 Å². The van der Waals surface area contributed by atoms with Gasteiger partial charge in [0.2, 0.25) is 0 Å². The van der Waals surface area contributed by atoms with Crippen molar-refractivity contribution in [1.29, 1.82) is 0 Å². The average Bonchev–Trinajstić information content (AvgIpc) is 3.88. The van der Waals surface area contributed by atoms with Crippen LogP contribution in [-0.2, 0) is 19.5 Å². The first kappa shape index (κ1) is 33.3. The molecule has 2 aliphatic rings. The Balaban J connectivity index is 0.000000136. The Morgan fingerprint density at radius 1 is 0.588 bits per heavy atom. The minimum Gasteiger partial charge on any atom is -0.361 e. The Labute approximate surface area is 307 Å². The molecule has 7 aromatic heterocycles. The smallest absolute Gasteiger partial charge is 0.361 e. The van der Waals surface area contributed by atoms with Crippen LogP contribution in [0.25, 0.3) is 56.3 Å². The van der Waals surface area contributed by atoms with Crippen molar-refractivity contribution in [3.63, 3.8) is 0 Å². The van der Waals surface area contributed by atoms with Gasteiger partial charge in [-0.3, -0.25) is 29.9 Å². The number of pyridine rings is 5. The normalized spacial score (nSPS) is 14.7. The minimum absolute atomic E-state index is 0. The summed E-state index contributed by atoms with van der Waals surface area (Å²) in [7, 11) is 0. The van der Waals surface area contributed by atoms with Crippen LogP contribution in [0.5, 0.6) is 0 Å². The second kappa shape index (κ2) is 15.5. The first-order valence-electron chi connectivity index (χ1n) is 16.3. The molecule has 10 rings (SSSR count). The van der Waals surface area contributed by atoms with E-state index in [2.05, 4.69) is 76.3 Å². The van der Waals surface area contributed by atoms with Gasteiger partial charge in [-0.15, -0.1) is 0 Å². The third-order valence-electron chi connectivity index (χ3n) is 8.44. The maximum atomic E-state index is 4.95. The van der Waals surface area contributed by atoms with Crippen LogP contribution in [0, 0.1) is 0 Å². The van der Waals surface area contributed by atoms with Crippen LogP contribution in [0.15, 0.2) is 164 Å². The molecule has 0 fully saturated rings. The quantitative estimate of drug-likeness (QED) is 0.174. The van der Waals surface area contributed by atoms with Crippen LogP contribution >= 0.6 is 0 Å². The van der Waals surface area contributed by atoms with Gasteiger partial charge in [0, 0.05) is 71.3 Å². The minimum atomic E-state index is 0. The zero-order valence-corrected chi connectivity index (χ0v) is 29.0. The number of aromatic amines is 2. The van der Waals surface area contributed by atoms with E-state index in [1.807, 2.05) is 104 Å². The fourth-order valence-electron chi connectivity index (χ4n) is 6.09. The van der Waals surface area contributed by atoms with Gasteiger partial charge in [-0.1, -0.05) is 30.3 Å². The summed E-state index contributed by atoms with van der Waals surface area (Å²) in [5.41, 5.74) is 10.0. The van der Waals surface area contributed by atoms with E-state index in [9.17, 15) is 0 Å². The summed E-state index contributed by atoms with van der Waals surface area (Å²) in [6.45, 7) is 0. The monoisotopic (exact) mass is 751 g/mol. The summed E-state index contributed by atoms with van der Waals surface area (Å²) in [5.74, 6) is 1.03. The molecule has 0 amide bonds. The summed E-state index contributed by atoms with van der Waals surface area (Å²) in [5, 5.41) is 1.18. The number of benzene rings is 1. The maximum absolute atomic E-state index is 4.95. The molecule has 1 aliphatic heterocycles. The molecule has 1 radical (unpaired) electrons. The second-order valence-electron chi connectivity index (χ2n) is 11.6. The number of allylic oxidation sites excluding steroid dienone is 1. The Morgan fingerprint density at radius 3 is 1.78 bits per heavy atom. The van der Waals surface area contributed by atoms with Crippen molar-refractivity contribution in [2.24, 2.45) is 4.99 Å². The van der Waals surface area contributed by atoms with Crippen molar-refractivity contribution in [1.82, 2.24) is 39.9 Å². The van der Waals surface area contributed by atoms with Crippen molar-refractivity contribution in [2.75, 3.05) is 0 Å². The zero-order chi connectivity index (χ0) is 33.5. The zero-order valence-electron chi connectivity index (χ0n) is 27.2. The van der Waals surface area contributed by atoms with Crippen LogP contribution in [0.2, 0.25) is 0 Å². The number of fused-ring (bicyclic) bond motifs is 7. The first-order chi connectivity index (χ1) is 24.8. The molecule has 2 N–H and O–H groups in total. The summed E-state index contributed by atoms with van der Waals surface area (Å²) in [4.78, 5) is 37.8. The van der Waals surface area contributed by atoms with Gasteiger partial charge in [-0.05, 0) is 91.0 Å². The van der Waals surface area contributed by atoms with Crippen LogP contribution in [0.4, 0.5) is 0 Å². The van der Waals surface area contributed by atoms with Gasteiger partial charge in [0.1, 0.15) is 11.9 Å². The molecule has 10 heteroatoms. The number of imidazole rings is 1. The summed E-state index contributed by atoms with van der Waals surface area (Å²) >= 11 is 0. The van der Waals surface area contributed by atoms with Crippen LogP contribution in [-0.4, -0.2) is 46.1 Å². The molecule has 51 heavy (non-hydrogen) atoms. The molecule has 1 aliphatic carbocycles. The fourth-order valence-corrected chi connectivity index (χ4v) is 6.09. The van der Waals surface area contributed by atoms with Crippen molar-refractivity contribution in [3.05, 3.63) is 170 Å². The molecule has 1 aromatic carbocycles. The van der Waals surface area contributed by atoms with E-state index in [1.165, 1.54) is 5.39 Å². The van der Waals surface area contributed by atoms with Gasteiger partial charge in [-0.2, -0.15) is 0 Å². The molecule has 0 saturated carbocycles. The number of aliphatic imine (C=N–C) groups is 1. The third kappa shape index (κ3) is 7.22. The van der Waals surface area contributed by atoms with Crippen molar-refractivity contribution < 1.29 is 19.5 Å². The number of dihydropyridines is 1. The predicted octanol–water partition coefficient (Wildman–Crippen LogP) is 8.68. The summed E-state index contributed by atoms with van der Waals surface area (Å²) in [6, 6.07) is 35.7. The molecular formula is C41H31N9Ru+3. The Morgan fingerprint density at radius 2 is 1.20 bits per heavy atom. The van der Waals surface area contributed by atoms with E-state index in [0.717, 1.165) is 62.3 Å². The molecule has 0 bridgehead atoms. The second-order valence-corrected chi connectivity index (χ2v) is 11.6. The van der Waals surface area contributed by atoms with E-state index < -0.39 is 0 Å². The maximum Gasteiger partial charge on any atom is 3.00 e. The van der Waals surface area contributed by atoms with Gasteiger partial charge in [0.25, 0.3) is 0 Å². The molecule has 0 saturated heterocycles. The van der Waals surface area contributed by atoms with Crippen LogP contribution in [0.3, 0.4) is 0 Å². The van der Waals surface area contributed by atoms with Crippen molar-refractivity contribution in [2.45, 2.75) is 12.0 Å². The van der Waals surface area contributed by atoms with Crippen LogP contribution < -0.4 is 0 Å². The van der Waals surface area contributed by atoms with E-state index in [-0.39, 0.29) is 31.4 Å². The number of hydrogen-bond acceptors (Lipinski definition) is 7. The third-order valence-corrected chi connectivity index (χ3v) is 8.44. The largest absolute Gasteiger partial charge is 3.00 e. The van der Waals surface area contributed by atoms with Gasteiger partial charge in [-0.25, -0.2) is 4.98 Å². The molecule has 2 atom stereocenters. The molecule has 8 aromatic rings. The number of aromatic nitrogens is 8. The number of rotatable bonds is 3. The predicted molar refractivity (Wildman–Crippen MR) is 197 cm³/mol. The molecular weight excluding hydrogens is 720 g/mol. The fraction of sp³-hybridized carbons (Fsp3) is 0.0488. The van der Waals surface area contributed by atoms with E-state index >= 15 is 0 Å².